The highest BCUT2D eigenvalue weighted by atomic mass is 32.1. The third-order valence-corrected chi connectivity index (χ3v) is 4.49. The summed E-state index contributed by atoms with van der Waals surface area (Å²) in [6.45, 7) is 4.47. The Hall–Kier alpha value is -2.22. The molecule has 2 amide bonds. The van der Waals surface area contributed by atoms with Gasteiger partial charge in [0.05, 0.1) is 0 Å². The van der Waals surface area contributed by atoms with E-state index in [0.29, 0.717) is 24.7 Å². The lowest BCUT2D eigenvalue weighted by atomic mass is 10.0. The second kappa shape index (κ2) is 5.77. The van der Waals surface area contributed by atoms with Gasteiger partial charge in [-0.15, -0.1) is 0 Å². The second-order valence-electron chi connectivity index (χ2n) is 5.37. The van der Waals surface area contributed by atoms with E-state index in [-0.39, 0.29) is 16.9 Å². The van der Waals surface area contributed by atoms with Crippen LogP contribution in [0, 0.1) is 5.92 Å². The Morgan fingerprint density at radius 1 is 1.22 bits per heavy atom. The van der Waals surface area contributed by atoms with E-state index in [2.05, 4.69) is 4.99 Å². The predicted octanol–water partition coefficient (Wildman–Crippen LogP) is 0.696. The maximum absolute atomic E-state index is 12.7. The first-order valence-corrected chi connectivity index (χ1v) is 7.93. The number of amidine groups is 1. The van der Waals surface area contributed by atoms with Crippen molar-refractivity contribution in [3.63, 3.8) is 0 Å². The van der Waals surface area contributed by atoms with Gasteiger partial charge in [0, 0.05) is 26.3 Å². The number of fused-ring (bicyclic) bond motifs is 1. The molecule has 0 aromatic carbocycles. The van der Waals surface area contributed by atoms with Crippen molar-refractivity contribution in [2.24, 2.45) is 10.9 Å². The predicted molar refractivity (Wildman–Crippen MR) is 88.2 cm³/mol. The van der Waals surface area contributed by atoms with Gasteiger partial charge < -0.3 is 9.64 Å². The smallest absolute Gasteiger partial charge is 0.247 e. The van der Waals surface area contributed by atoms with E-state index < -0.39 is 12.1 Å². The molecule has 3 aliphatic rings. The van der Waals surface area contributed by atoms with Crippen molar-refractivity contribution in [2.75, 3.05) is 20.1 Å². The van der Waals surface area contributed by atoms with Crippen LogP contribution in [0.1, 0.15) is 13.8 Å². The number of hydrogen-bond acceptors (Lipinski definition) is 6. The molecule has 8 heteroatoms. The molecule has 3 aliphatic heterocycles. The summed E-state index contributed by atoms with van der Waals surface area (Å²) < 4.78 is 5.76. The zero-order valence-corrected chi connectivity index (χ0v) is 14.0. The Balaban J connectivity index is 1.94. The monoisotopic (exact) mass is 334 g/mol. The summed E-state index contributed by atoms with van der Waals surface area (Å²) in [5, 5.41) is 0.252. The van der Waals surface area contributed by atoms with Crippen molar-refractivity contribution in [3.8, 4) is 0 Å². The molecular formula is C15H18N4O3S. The topological polar surface area (TPSA) is 65.5 Å². The zero-order valence-electron chi connectivity index (χ0n) is 13.2. The third-order valence-electron chi connectivity index (χ3n) is 4.05. The standard InChI is InChI=1S/C15H18N4O3S/c1-4-18-13(20)10(14(21)19(5-2)15(18)23)12-16-11-9(22-12)7-6-8-17(11)3/h6-8,10,12H,4-5H2,1-3H3. The maximum Gasteiger partial charge on any atom is 0.247 e. The zero-order chi connectivity index (χ0) is 16.7. The Morgan fingerprint density at radius 3 is 2.35 bits per heavy atom. The highest BCUT2D eigenvalue weighted by Gasteiger charge is 2.50. The molecule has 0 aromatic heterocycles. The second-order valence-corrected chi connectivity index (χ2v) is 5.73. The first-order chi connectivity index (χ1) is 11.0. The molecule has 0 saturated carbocycles. The quantitative estimate of drug-likeness (QED) is 0.561. The van der Waals surface area contributed by atoms with E-state index in [9.17, 15) is 9.59 Å². The van der Waals surface area contributed by atoms with Crippen molar-refractivity contribution in [1.29, 1.82) is 0 Å². The van der Waals surface area contributed by atoms with Gasteiger partial charge in [-0.25, -0.2) is 4.99 Å². The number of thiocarbonyl (C=S) groups is 1. The lowest BCUT2D eigenvalue weighted by Gasteiger charge is -2.39. The molecule has 3 rings (SSSR count). The Labute approximate surface area is 139 Å². The van der Waals surface area contributed by atoms with Gasteiger partial charge in [-0.3, -0.25) is 19.4 Å². The largest absolute Gasteiger partial charge is 0.463 e. The van der Waals surface area contributed by atoms with Gasteiger partial charge in [0.15, 0.2) is 22.6 Å². The van der Waals surface area contributed by atoms with Gasteiger partial charge in [-0.2, -0.15) is 0 Å². The molecule has 7 nitrogen and oxygen atoms in total. The van der Waals surface area contributed by atoms with Crippen LogP contribution >= 0.6 is 12.2 Å². The molecule has 0 radical (unpaired) electrons. The average Bonchev–Trinajstić information content (AvgIpc) is 2.93. The Bertz CT molecular complexity index is 644. The fourth-order valence-corrected chi connectivity index (χ4v) is 3.28. The van der Waals surface area contributed by atoms with Crippen molar-refractivity contribution in [3.05, 3.63) is 24.1 Å². The van der Waals surface area contributed by atoms with E-state index in [4.69, 9.17) is 17.0 Å². The van der Waals surface area contributed by atoms with E-state index in [0.717, 1.165) is 0 Å². The van der Waals surface area contributed by atoms with Crippen LogP contribution in [0.25, 0.3) is 0 Å². The van der Waals surface area contributed by atoms with Crippen LogP contribution in [0.2, 0.25) is 0 Å². The molecule has 0 bridgehead atoms. The summed E-state index contributed by atoms with van der Waals surface area (Å²) in [5.74, 6) is -0.515. The van der Waals surface area contributed by atoms with Crippen LogP contribution in [-0.4, -0.2) is 63.8 Å². The number of hydrogen-bond donors (Lipinski definition) is 0. The average molecular weight is 334 g/mol. The minimum Gasteiger partial charge on any atom is -0.463 e. The molecule has 0 aromatic rings. The molecule has 1 saturated heterocycles. The third kappa shape index (κ3) is 2.33. The summed E-state index contributed by atoms with van der Waals surface area (Å²) in [4.78, 5) is 34.5. The lowest BCUT2D eigenvalue weighted by Crippen LogP contribution is -2.61. The number of aliphatic imine (C=N–C) groups is 1. The minimum atomic E-state index is -1.01. The number of carbonyl (C=O) groups is 2. The van der Waals surface area contributed by atoms with Gasteiger partial charge >= 0.3 is 0 Å². The minimum absolute atomic E-state index is 0.252. The van der Waals surface area contributed by atoms with Gasteiger partial charge in [0.2, 0.25) is 18.0 Å². The molecule has 3 heterocycles. The normalized spacial score (nSPS) is 24.7. The maximum atomic E-state index is 12.7. The molecular weight excluding hydrogens is 316 g/mol. The molecule has 0 spiro atoms. The molecule has 1 unspecified atom stereocenters. The van der Waals surface area contributed by atoms with Crippen LogP contribution in [0.15, 0.2) is 29.1 Å². The number of rotatable bonds is 3. The number of likely N-dealkylation sites (N-methyl/N-ethyl adjacent to an activating group) is 1. The molecule has 1 fully saturated rings. The Kier molecular flexibility index (Phi) is 3.93. The van der Waals surface area contributed by atoms with Gasteiger partial charge in [-0.1, -0.05) is 0 Å². The number of allylic oxidation sites excluding steroid dienone is 2. The van der Waals surface area contributed by atoms with E-state index in [1.54, 1.807) is 11.0 Å². The highest BCUT2D eigenvalue weighted by Crippen LogP contribution is 2.30. The molecule has 1 atom stereocenters. The number of nitrogens with zero attached hydrogens (tertiary/aromatic N) is 4. The number of amides is 2. The SMILES string of the molecule is CCN1C(=O)C(C2N=C3C(=CC=CN3C)O2)C(=O)N(CC)C1=S. The fourth-order valence-electron chi connectivity index (χ4n) is 2.85. The summed E-state index contributed by atoms with van der Waals surface area (Å²) in [7, 11) is 1.84. The lowest BCUT2D eigenvalue weighted by molar-refractivity contribution is -0.151. The van der Waals surface area contributed by atoms with Crippen LogP contribution in [-0.2, 0) is 14.3 Å². The molecule has 23 heavy (non-hydrogen) atoms. The van der Waals surface area contributed by atoms with Gasteiger partial charge in [-0.05, 0) is 38.2 Å². The summed E-state index contributed by atoms with van der Waals surface area (Å²) >= 11 is 5.25. The first-order valence-electron chi connectivity index (χ1n) is 7.52. The van der Waals surface area contributed by atoms with Crippen LogP contribution in [0.3, 0.4) is 0 Å². The summed E-state index contributed by atoms with van der Waals surface area (Å²) in [5.41, 5.74) is 0. The van der Waals surface area contributed by atoms with Crippen molar-refractivity contribution < 1.29 is 14.3 Å². The van der Waals surface area contributed by atoms with E-state index in [1.165, 1.54) is 9.80 Å². The van der Waals surface area contributed by atoms with Crippen LogP contribution < -0.4 is 0 Å². The summed E-state index contributed by atoms with van der Waals surface area (Å²) in [6, 6.07) is 0. The summed E-state index contributed by atoms with van der Waals surface area (Å²) in [6.07, 6.45) is 4.58. The van der Waals surface area contributed by atoms with Crippen LogP contribution in [0.4, 0.5) is 0 Å². The molecule has 0 aliphatic carbocycles. The van der Waals surface area contributed by atoms with Crippen LogP contribution in [0.5, 0.6) is 0 Å². The number of ether oxygens (including phenoxy) is 1. The fraction of sp³-hybridized carbons (Fsp3) is 0.467. The molecule has 122 valence electrons. The van der Waals surface area contributed by atoms with Crippen molar-refractivity contribution >= 4 is 35.0 Å². The van der Waals surface area contributed by atoms with E-state index >= 15 is 0 Å². The first kappa shape index (κ1) is 15.7. The van der Waals surface area contributed by atoms with Gasteiger partial charge in [0.1, 0.15) is 0 Å². The number of carbonyl (C=O) groups excluding carboxylic acids is 2. The molecule has 0 N–H and O–H groups in total. The highest BCUT2D eigenvalue weighted by molar-refractivity contribution is 7.80. The Morgan fingerprint density at radius 2 is 1.83 bits per heavy atom. The van der Waals surface area contributed by atoms with Gasteiger partial charge in [0.25, 0.3) is 0 Å². The van der Waals surface area contributed by atoms with Crippen molar-refractivity contribution in [1.82, 2.24) is 14.7 Å². The van der Waals surface area contributed by atoms with Crippen molar-refractivity contribution in [2.45, 2.75) is 20.1 Å². The van der Waals surface area contributed by atoms with E-state index in [1.807, 2.05) is 33.2 Å².